The van der Waals surface area contributed by atoms with Gasteiger partial charge in [-0.15, -0.1) is 0 Å². The first-order valence-electron chi connectivity index (χ1n) is 6.58. The van der Waals surface area contributed by atoms with Gasteiger partial charge in [0, 0.05) is 12.0 Å². The van der Waals surface area contributed by atoms with E-state index in [1.807, 2.05) is 38.1 Å². The van der Waals surface area contributed by atoms with Gasteiger partial charge in [-0.05, 0) is 25.0 Å². The Bertz CT molecular complexity index is 547. The van der Waals surface area contributed by atoms with Crippen LogP contribution in [-0.2, 0) is 12.0 Å². The summed E-state index contributed by atoms with van der Waals surface area (Å²) in [6, 6.07) is 14.4. The molecule has 1 N–H and O–H groups in total. The number of rotatable bonds is 4. The molecule has 0 saturated heterocycles. The summed E-state index contributed by atoms with van der Waals surface area (Å²) in [6.07, 6.45) is 0.895. The molecule has 0 aliphatic heterocycles. The molecule has 0 aliphatic carbocycles. The van der Waals surface area contributed by atoms with Gasteiger partial charge in [-0.25, -0.2) is 4.39 Å². The van der Waals surface area contributed by atoms with Crippen LogP contribution in [-0.4, -0.2) is 5.11 Å². The van der Waals surface area contributed by atoms with Gasteiger partial charge in [0.25, 0.3) is 0 Å². The average molecular weight is 258 g/mol. The van der Waals surface area contributed by atoms with Crippen molar-refractivity contribution in [2.75, 3.05) is 0 Å². The van der Waals surface area contributed by atoms with Crippen molar-refractivity contribution < 1.29 is 9.50 Å². The highest BCUT2D eigenvalue weighted by atomic mass is 19.1. The molecule has 0 saturated carbocycles. The highest BCUT2D eigenvalue weighted by Gasteiger charge is 2.30. The molecule has 0 radical (unpaired) electrons. The van der Waals surface area contributed by atoms with Crippen molar-refractivity contribution >= 4 is 0 Å². The average Bonchev–Trinajstić information content (AvgIpc) is 2.42. The van der Waals surface area contributed by atoms with Crippen LogP contribution >= 0.6 is 0 Å². The van der Waals surface area contributed by atoms with E-state index in [1.165, 1.54) is 11.6 Å². The highest BCUT2D eigenvalue weighted by molar-refractivity contribution is 5.29. The first-order chi connectivity index (χ1) is 9.05. The molecule has 0 bridgehead atoms. The lowest BCUT2D eigenvalue weighted by Gasteiger charge is -2.28. The fourth-order valence-corrected chi connectivity index (χ4v) is 2.29. The Balaban J connectivity index is 2.33. The van der Waals surface area contributed by atoms with E-state index >= 15 is 0 Å². The molecule has 0 heterocycles. The van der Waals surface area contributed by atoms with E-state index < -0.39 is 5.60 Å². The summed E-state index contributed by atoms with van der Waals surface area (Å²) in [6.45, 7) is 3.90. The van der Waals surface area contributed by atoms with Crippen LogP contribution in [0.2, 0.25) is 0 Å². The predicted octanol–water partition coefficient (Wildman–Crippen LogP) is 3.97. The van der Waals surface area contributed by atoms with E-state index in [0.717, 1.165) is 5.56 Å². The van der Waals surface area contributed by atoms with Crippen molar-refractivity contribution in [3.63, 3.8) is 0 Å². The van der Waals surface area contributed by atoms with E-state index in [-0.39, 0.29) is 5.82 Å². The van der Waals surface area contributed by atoms with Crippen molar-refractivity contribution in [2.24, 2.45) is 0 Å². The van der Waals surface area contributed by atoms with Crippen LogP contribution < -0.4 is 0 Å². The van der Waals surface area contributed by atoms with Crippen molar-refractivity contribution in [3.05, 3.63) is 71.0 Å². The second-order valence-electron chi connectivity index (χ2n) is 5.03. The minimum Gasteiger partial charge on any atom is -0.385 e. The molecule has 1 atom stereocenters. The normalized spacial score (nSPS) is 14.1. The van der Waals surface area contributed by atoms with Crippen LogP contribution in [0.4, 0.5) is 4.39 Å². The molecule has 2 aromatic rings. The molecule has 0 aromatic heterocycles. The molecule has 2 aromatic carbocycles. The molecular formula is C17H19FO. The molecule has 0 fully saturated rings. The number of hydrogen-bond donors (Lipinski definition) is 1. The van der Waals surface area contributed by atoms with E-state index in [9.17, 15) is 9.50 Å². The lowest BCUT2D eigenvalue weighted by atomic mass is 9.84. The maximum Gasteiger partial charge on any atom is 0.129 e. The smallest absolute Gasteiger partial charge is 0.129 e. The Labute approximate surface area is 113 Å². The zero-order chi connectivity index (χ0) is 13.9. The summed E-state index contributed by atoms with van der Waals surface area (Å²) >= 11 is 0. The third-order valence-corrected chi connectivity index (χ3v) is 3.58. The number of aryl methyl sites for hydroxylation is 1. The maximum absolute atomic E-state index is 13.9. The van der Waals surface area contributed by atoms with Gasteiger partial charge in [0.15, 0.2) is 0 Å². The van der Waals surface area contributed by atoms with Crippen LogP contribution in [0.5, 0.6) is 0 Å². The number of hydrogen-bond acceptors (Lipinski definition) is 1. The molecular weight excluding hydrogens is 239 g/mol. The predicted molar refractivity (Wildman–Crippen MR) is 75.5 cm³/mol. The fourth-order valence-electron chi connectivity index (χ4n) is 2.29. The minimum atomic E-state index is -1.15. The van der Waals surface area contributed by atoms with Gasteiger partial charge in [0.05, 0.1) is 5.60 Å². The van der Waals surface area contributed by atoms with Crippen molar-refractivity contribution in [2.45, 2.75) is 32.3 Å². The van der Waals surface area contributed by atoms with Gasteiger partial charge in [-0.3, -0.25) is 0 Å². The Kier molecular flexibility index (Phi) is 4.01. The van der Waals surface area contributed by atoms with Gasteiger partial charge >= 0.3 is 0 Å². The topological polar surface area (TPSA) is 20.2 Å². The van der Waals surface area contributed by atoms with Gasteiger partial charge < -0.3 is 5.11 Å². The monoisotopic (exact) mass is 258 g/mol. The summed E-state index contributed by atoms with van der Waals surface area (Å²) in [5, 5.41) is 10.8. The van der Waals surface area contributed by atoms with Gasteiger partial charge in [0.1, 0.15) is 5.82 Å². The van der Waals surface area contributed by atoms with E-state index in [0.29, 0.717) is 18.4 Å². The maximum atomic E-state index is 13.9. The van der Waals surface area contributed by atoms with Gasteiger partial charge in [-0.2, -0.15) is 0 Å². The summed E-state index contributed by atoms with van der Waals surface area (Å²) in [4.78, 5) is 0. The summed E-state index contributed by atoms with van der Waals surface area (Å²) in [7, 11) is 0. The first kappa shape index (κ1) is 13.8. The van der Waals surface area contributed by atoms with Gasteiger partial charge in [0.2, 0.25) is 0 Å². The SMILES string of the molecule is CCC(O)(Cc1ccc(C)cc1)c1ccccc1F. The lowest BCUT2D eigenvalue weighted by molar-refractivity contribution is 0.0291. The minimum absolute atomic E-state index is 0.348. The zero-order valence-electron chi connectivity index (χ0n) is 11.4. The second-order valence-corrected chi connectivity index (χ2v) is 5.03. The van der Waals surface area contributed by atoms with Crippen molar-refractivity contribution in [1.82, 2.24) is 0 Å². The van der Waals surface area contributed by atoms with Crippen molar-refractivity contribution in [1.29, 1.82) is 0 Å². The highest BCUT2D eigenvalue weighted by Crippen LogP contribution is 2.31. The molecule has 0 amide bonds. The summed E-state index contributed by atoms with van der Waals surface area (Å²) in [5.41, 5.74) is 1.41. The zero-order valence-corrected chi connectivity index (χ0v) is 11.4. The summed E-state index contributed by atoms with van der Waals surface area (Å²) in [5.74, 6) is -0.348. The standard InChI is InChI=1S/C17H19FO/c1-3-17(19,15-6-4-5-7-16(15)18)12-14-10-8-13(2)9-11-14/h4-11,19H,3,12H2,1-2H3. The van der Waals surface area contributed by atoms with Crippen LogP contribution in [0.25, 0.3) is 0 Å². The Morgan fingerprint density at radius 3 is 2.26 bits per heavy atom. The molecule has 100 valence electrons. The molecule has 2 heteroatoms. The number of halogens is 1. The van der Waals surface area contributed by atoms with Crippen LogP contribution in [0, 0.1) is 12.7 Å². The molecule has 1 nitrogen and oxygen atoms in total. The summed E-state index contributed by atoms with van der Waals surface area (Å²) < 4.78 is 13.9. The molecule has 2 rings (SSSR count). The number of benzene rings is 2. The van der Waals surface area contributed by atoms with E-state index in [4.69, 9.17) is 0 Å². The largest absolute Gasteiger partial charge is 0.385 e. The lowest BCUT2D eigenvalue weighted by Crippen LogP contribution is -2.28. The molecule has 19 heavy (non-hydrogen) atoms. The van der Waals surface area contributed by atoms with Crippen LogP contribution in [0.15, 0.2) is 48.5 Å². The Morgan fingerprint density at radius 2 is 1.68 bits per heavy atom. The van der Waals surface area contributed by atoms with Gasteiger partial charge in [-0.1, -0.05) is 55.0 Å². The molecule has 0 aliphatic rings. The van der Waals surface area contributed by atoms with E-state index in [1.54, 1.807) is 18.2 Å². The van der Waals surface area contributed by atoms with Crippen LogP contribution in [0.1, 0.15) is 30.0 Å². The fraction of sp³-hybridized carbons (Fsp3) is 0.294. The molecule has 1 unspecified atom stereocenters. The molecule has 0 spiro atoms. The third-order valence-electron chi connectivity index (χ3n) is 3.58. The number of aliphatic hydroxyl groups is 1. The second kappa shape index (κ2) is 5.54. The van der Waals surface area contributed by atoms with Crippen LogP contribution in [0.3, 0.4) is 0 Å². The Morgan fingerprint density at radius 1 is 1.05 bits per heavy atom. The Hall–Kier alpha value is -1.67. The first-order valence-corrected chi connectivity index (χ1v) is 6.58. The van der Waals surface area contributed by atoms with Crippen molar-refractivity contribution in [3.8, 4) is 0 Å². The quantitative estimate of drug-likeness (QED) is 0.879. The third kappa shape index (κ3) is 3.02. The van der Waals surface area contributed by atoms with E-state index in [2.05, 4.69) is 0 Å².